The SMILES string of the molecule is Cc1cccc(N2CCN(c3nc4ccc(C(=O)c5ccccc5)cc4n4c(C)nnc34)C[C@H]2C)c1. The summed E-state index contributed by atoms with van der Waals surface area (Å²) in [6, 6.07) is 24.0. The van der Waals surface area contributed by atoms with Crippen molar-refractivity contribution >= 4 is 34.0 Å². The molecule has 0 saturated carbocycles. The summed E-state index contributed by atoms with van der Waals surface area (Å²) in [4.78, 5) is 22.9. The second-order valence-electron chi connectivity index (χ2n) is 9.57. The van der Waals surface area contributed by atoms with Crippen LogP contribution in [0.15, 0.2) is 72.8 Å². The Balaban J connectivity index is 1.38. The van der Waals surface area contributed by atoms with Crippen LogP contribution in [0.2, 0.25) is 0 Å². The highest BCUT2D eigenvalue weighted by atomic mass is 16.1. The molecule has 1 aliphatic rings. The van der Waals surface area contributed by atoms with Crippen LogP contribution in [0.1, 0.15) is 34.2 Å². The molecule has 2 aromatic heterocycles. The number of rotatable bonds is 4. The number of ketones is 1. The van der Waals surface area contributed by atoms with Crippen LogP contribution in [0.4, 0.5) is 11.5 Å². The number of anilines is 2. The average molecular weight is 477 g/mol. The van der Waals surface area contributed by atoms with Crippen LogP contribution in [0.5, 0.6) is 0 Å². The van der Waals surface area contributed by atoms with E-state index in [1.54, 1.807) is 0 Å². The molecule has 1 fully saturated rings. The van der Waals surface area contributed by atoms with Gasteiger partial charge in [0.25, 0.3) is 0 Å². The smallest absolute Gasteiger partial charge is 0.204 e. The number of benzene rings is 3. The van der Waals surface area contributed by atoms with Crippen LogP contribution in [0.3, 0.4) is 0 Å². The van der Waals surface area contributed by atoms with Gasteiger partial charge in [-0.05, 0) is 56.7 Å². The first-order valence-corrected chi connectivity index (χ1v) is 12.3. The summed E-state index contributed by atoms with van der Waals surface area (Å²) in [6.45, 7) is 8.89. The molecule has 1 saturated heterocycles. The molecule has 0 N–H and O–H groups in total. The van der Waals surface area contributed by atoms with Crippen LogP contribution in [-0.2, 0) is 0 Å². The number of carbonyl (C=O) groups excluding carboxylic acids is 1. The molecule has 1 aliphatic heterocycles. The van der Waals surface area contributed by atoms with E-state index < -0.39 is 0 Å². The molecule has 7 nitrogen and oxygen atoms in total. The summed E-state index contributed by atoms with van der Waals surface area (Å²) >= 11 is 0. The lowest BCUT2D eigenvalue weighted by molar-refractivity contribution is 0.103. The Morgan fingerprint density at radius 3 is 2.50 bits per heavy atom. The van der Waals surface area contributed by atoms with E-state index in [4.69, 9.17) is 4.98 Å². The zero-order chi connectivity index (χ0) is 24.8. The lowest BCUT2D eigenvalue weighted by atomic mass is 10.0. The Labute approximate surface area is 210 Å². The summed E-state index contributed by atoms with van der Waals surface area (Å²) in [7, 11) is 0. The van der Waals surface area contributed by atoms with Crippen LogP contribution in [-0.4, -0.2) is 51.0 Å². The first-order valence-electron chi connectivity index (χ1n) is 12.3. The van der Waals surface area contributed by atoms with Gasteiger partial charge in [-0.1, -0.05) is 42.5 Å². The third-order valence-corrected chi connectivity index (χ3v) is 7.03. The maximum Gasteiger partial charge on any atom is 0.204 e. The molecule has 1 atom stereocenters. The quantitative estimate of drug-likeness (QED) is 0.346. The van der Waals surface area contributed by atoms with E-state index in [9.17, 15) is 4.79 Å². The van der Waals surface area contributed by atoms with Gasteiger partial charge in [-0.3, -0.25) is 9.20 Å². The van der Waals surface area contributed by atoms with Crippen molar-refractivity contribution in [3.8, 4) is 0 Å². The molecular weight excluding hydrogens is 448 g/mol. The number of hydrogen-bond acceptors (Lipinski definition) is 6. The van der Waals surface area contributed by atoms with Crippen molar-refractivity contribution in [3.05, 3.63) is 95.3 Å². The fourth-order valence-corrected chi connectivity index (χ4v) is 5.21. The first-order chi connectivity index (χ1) is 17.5. The van der Waals surface area contributed by atoms with Crippen LogP contribution >= 0.6 is 0 Å². The molecule has 180 valence electrons. The fourth-order valence-electron chi connectivity index (χ4n) is 5.21. The van der Waals surface area contributed by atoms with Crippen LogP contribution in [0.25, 0.3) is 16.7 Å². The van der Waals surface area contributed by atoms with Crippen molar-refractivity contribution in [2.24, 2.45) is 0 Å². The molecule has 0 spiro atoms. The summed E-state index contributed by atoms with van der Waals surface area (Å²) in [5.74, 6) is 1.59. The van der Waals surface area contributed by atoms with Gasteiger partial charge in [-0.15, -0.1) is 10.2 Å². The summed E-state index contributed by atoms with van der Waals surface area (Å²) in [5, 5.41) is 8.88. The Hall–Kier alpha value is -4.26. The summed E-state index contributed by atoms with van der Waals surface area (Å²) in [5.41, 5.74) is 6.19. The fraction of sp³-hybridized carbons (Fsp3) is 0.241. The molecule has 36 heavy (non-hydrogen) atoms. The lowest BCUT2D eigenvalue weighted by Gasteiger charge is -2.41. The highest BCUT2D eigenvalue weighted by Gasteiger charge is 2.28. The van der Waals surface area contributed by atoms with Crippen molar-refractivity contribution < 1.29 is 4.79 Å². The average Bonchev–Trinajstić information content (AvgIpc) is 3.29. The molecule has 0 aliphatic carbocycles. The molecule has 6 rings (SSSR count). The van der Waals surface area contributed by atoms with Gasteiger partial charge in [0.1, 0.15) is 5.82 Å². The van der Waals surface area contributed by atoms with Gasteiger partial charge in [0, 0.05) is 42.5 Å². The molecule has 0 radical (unpaired) electrons. The van der Waals surface area contributed by atoms with Crippen molar-refractivity contribution in [1.29, 1.82) is 0 Å². The molecule has 0 bridgehead atoms. The monoisotopic (exact) mass is 476 g/mol. The number of aryl methyl sites for hydroxylation is 2. The standard InChI is InChI=1S/C29H28N6O/c1-19-8-7-11-24(16-19)34-15-14-33(18-20(34)2)28-29-32-31-21(3)35(29)26-17-23(12-13-25(26)30-28)27(36)22-9-5-4-6-10-22/h4-13,16-17,20H,14-15,18H2,1-3H3/t20-/m1/s1. The first kappa shape index (κ1) is 22.2. The van der Waals surface area contributed by atoms with Crippen LogP contribution in [0, 0.1) is 13.8 Å². The van der Waals surface area contributed by atoms with E-state index >= 15 is 0 Å². The van der Waals surface area contributed by atoms with Gasteiger partial charge in [-0.2, -0.15) is 0 Å². The second-order valence-corrected chi connectivity index (χ2v) is 9.57. The third-order valence-electron chi connectivity index (χ3n) is 7.03. The maximum absolute atomic E-state index is 13.1. The second kappa shape index (κ2) is 8.75. The molecule has 7 heteroatoms. The minimum absolute atomic E-state index is 0.0125. The molecule has 3 heterocycles. The predicted molar refractivity (Wildman–Crippen MR) is 143 cm³/mol. The number of carbonyl (C=O) groups is 1. The van der Waals surface area contributed by atoms with E-state index in [0.717, 1.165) is 48.0 Å². The Morgan fingerprint density at radius 1 is 0.889 bits per heavy atom. The van der Waals surface area contributed by atoms with Gasteiger partial charge < -0.3 is 9.80 Å². The zero-order valence-electron chi connectivity index (χ0n) is 20.7. The van der Waals surface area contributed by atoms with Crippen molar-refractivity contribution in [3.63, 3.8) is 0 Å². The molecule has 5 aromatic rings. The Morgan fingerprint density at radius 2 is 1.72 bits per heavy atom. The Bertz CT molecular complexity index is 1590. The number of hydrogen-bond donors (Lipinski definition) is 0. The van der Waals surface area contributed by atoms with Crippen molar-refractivity contribution in [2.45, 2.75) is 26.8 Å². The highest BCUT2D eigenvalue weighted by Crippen LogP contribution is 2.29. The molecule has 0 amide bonds. The van der Waals surface area contributed by atoms with E-state index in [0.29, 0.717) is 17.2 Å². The van der Waals surface area contributed by atoms with E-state index in [1.165, 1.54) is 11.3 Å². The van der Waals surface area contributed by atoms with Crippen molar-refractivity contribution in [1.82, 2.24) is 19.6 Å². The summed E-state index contributed by atoms with van der Waals surface area (Å²) < 4.78 is 2.02. The van der Waals surface area contributed by atoms with Gasteiger partial charge in [0.15, 0.2) is 11.6 Å². The number of aromatic nitrogens is 4. The summed E-state index contributed by atoms with van der Waals surface area (Å²) in [6.07, 6.45) is 0. The molecule has 0 unspecified atom stereocenters. The van der Waals surface area contributed by atoms with Crippen LogP contribution < -0.4 is 9.80 Å². The van der Waals surface area contributed by atoms with Crippen molar-refractivity contribution in [2.75, 3.05) is 29.4 Å². The minimum atomic E-state index is -0.0125. The van der Waals surface area contributed by atoms with Gasteiger partial charge in [-0.25, -0.2) is 4.98 Å². The number of nitrogens with zero attached hydrogens (tertiary/aromatic N) is 6. The largest absolute Gasteiger partial charge is 0.365 e. The predicted octanol–water partition coefficient (Wildman–Crippen LogP) is 4.84. The maximum atomic E-state index is 13.1. The highest BCUT2D eigenvalue weighted by molar-refractivity contribution is 6.10. The van der Waals surface area contributed by atoms with Gasteiger partial charge in [0.05, 0.1) is 11.0 Å². The zero-order valence-corrected chi connectivity index (χ0v) is 20.7. The minimum Gasteiger partial charge on any atom is -0.365 e. The van der Waals surface area contributed by atoms with Gasteiger partial charge in [0.2, 0.25) is 5.65 Å². The third kappa shape index (κ3) is 3.77. The normalized spacial score (nSPS) is 16.1. The van der Waals surface area contributed by atoms with Gasteiger partial charge >= 0.3 is 0 Å². The van der Waals surface area contributed by atoms with E-state index in [-0.39, 0.29) is 5.78 Å². The number of piperazine rings is 1. The van der Waals surface area contributed by atoms with E-state index in [1.807, 2.05) is 59.9 Å². The number of fused-ring (bicyclic) bond motifs is 3. The topological polar surface area (TPSA) is 66.6 Å². The molecule has 3 aromatic carbocycles. The lowest BCUT2D eigenvalue weighted by Crippen LogP contribution is -2.52. The Kier molecular flexibility index (Phi) is 5.40. The molecular formula is C29H28N6O. The van der Waals surface area contributed by atoms with E-state index in [2.05, 4.69) is 58.1 Å².